The molecule has 0 unspecified atom stereocenters. The van der Waals surface area contributed by atoms with Gasteiger partial charge < -0.3 is 15.7 Å². The average molecular weight is 582 g/mol. The molecule has 0 spiro atoms. The van der Waals surface area contributed by atoms with Gasteiger partial charge in [-0.25, -0.2) is 0 Å². The van der Waals surface area contributed by atoms with Gasteiger partial charge in [-0.3, -0.25) is 9.59 Å². The van der Waals surface area contributed by atoms with E-state index >= 15 is 0 Å². The summed E-state index contributed by atoms with van der Waals surface area (Å²) in [5, 5.41) is 9.94. The van der Waals surface area contributed by atoms with Crippen LogP contribution in [0.5, 0.6) is 0 Å². The van der Waals surface area contributed by atoms with Crippen LogP contribution in [0.2, 0.25) is 0 Å². The topological polar surface area (TPSA) is 78.4 Å². The molecule has 214 valence electrons. The fourth-order valence-corrected chi connectivity index (χ4v) is 1.75. The Balaban J connectivity index is 5.36. The maximum absolute atomic E-state index is 13.2. The molecule has 0 rings (SSSR count). The molecule has 5 nitrogen and oxygen atoms in total. The lowest BCUT2D eigenvalue weighted by molar-refractivity contribution is -0.388. The molecule has 0 saturated heterocycles. The lowest BCUT2D eigenvalue weighted by Crippen LogP contribution is -2.66. The van der Waals surface area contributed by atoms with E-state index in [0.717, 1.165) is 0 Å². The van der Waals surface area contributed by atoms with Gasteiger partial charge in [-0.05, 0) is 0 Å². The van der Waals surface area contributed by atoms with Crippen LogP contribution in [0.25, 0.3) is 0 Å². The summed E-state index contributed by atoms with van der Waals surface area (Å²) in [5.74, 6) is -51.0. The maximum Gasteiger partial charge on any atom is 0.460 e. The number of hydrogen-bond acceptors (Lipinski definition) is 3. The number of carbonyl (C=O) groups excluding carboxylic acids is 2. The third-order valence-electron chi connectivity index (χ3n) is 3.86. The highest BCUT2D eigenvalue weighted by Gasteiger charge is 2.84. The minimum atomic E-state index is -7.51. The van der Waals surface area contributed by atoms with E-state index in [1.807, 2.05) is 0 Å². The molecular weight excluding hydrogens is 574 g/mol. The summed E-state index contributed by atoms with van der Waals surface area (Å²) in [4.78, 5) is 21.9. The van der Waals surface area contributed by atoms with Crippen molar-refractivity contribution < 1.29 is 93.7 Å². The van der Waals surface area contributed by atoms with Crippen molar-refractivity contribution in [2.75, 3.05) is 13.1 Å². The number of aliphatic hydroxyl groups is 1. The molecule has 0 saturated carbocycles. The van der Waals surface area contributed by atoms with Crippen molar-refractivity contribution in [2.24, 2.45) is 0 Å². The second-order valence-electron chi connectivity index (χ2n) is 6.52. The number of hydrogen-bond donors (Lipinski definition) is 3. The third-order valence-corrected chi connectivity index (χ3v) is 3.86. The van der Waals surface area contributed by atoms with Gasteiger partial charge in [-0.1, -0.05) is 0 Å². The van der Waals surface area contributed by atoms with Crippen LogP contribution >= 0.6 is 0 Å². The molecule has 0 heterocycles. The highest BCUT2D eigenvalue weighted by Crippen LogP contribution is 2.54. The number of rotatable bonds is 10. The first-order chi connectivity index (χ1) is 15.4. The lowest BCUT2D eigenvalue weighted by Gasteiger charge is -2.33. The molecule has 0 aliphatic heterocycles. The largest absolute Gasteiger partial charge is 0.460 e. The summed E-state index contributed by atoms with van der Waals surface area (Å²) >= 11 is 0. The Morgan fingerprint density at radius 2 is 0.722 bits per heavy atom. The zero-order valence-corrected chi connectivity index (χ0v) is 16.1. The molecule has 23 heteroatoms. The molecule has 0 aromatic heterocycles. The number of alkyl halides is 18. The summed E-state index contributed by atoms with van der Waals surface area (Å²) in [6.07, 6.45) is -17.5. The third kappa shape index (κ3) is 5.48. The lowest BCUT2D eigenvalue weighted by atomic mass is 10.0. The van der Waals surface area contributed by atoms with Crippen LogP contribution < -0.4 is 10.6 Å². The van der Waals surface area contributed by atoms with Gasteiger partial charge in [0.05, 0.1) is 6.10 Å². The summed E-state index contributed by atoms with van der Waals surface area (Å²) in [6.45, 7) is -4.02. The second kappa shape index (κ2) is 9.50. The van der Waals surface area contributed by atoms with Gasteiger partial charge in [0.25, 0.3) is 11.8 Å². The number of halogens is 18. The molecule has 3 N–H and O–H groups in total. The first kappa shape index (κ1) is 33.6. The van der Waals surface area contributed by atoms with Crippen molar-refractivity contribution in [3.8, 4) is 0 Å². The molecule has 0 radical (unpaired) electrons. The number of nitrogens with one attached hydrogen (secondary N) is 2. The van der Waals surface area contributed by atoms with Crippen LogP contribution in [0, 0.1) is 0 Å². The monoisotopic (exact) mass is 582 g/mol. The zero-order chi connectivity index (χ0) is 29.6. The van der Waals surface area contributed by atoms with Crippen molar-refractivity contribution >= 4 is 11.8 Å². The predicted octanol–water partition coefficient (Wildman–Crippen LogP) is 3.52. The average Bonchev–Trinajstić information content (AvgIpc) is 2.67. The fraction of sp³-hybridized carbons (Fsp3) is 0.846. The smallest absolute Gasteiger partial charge is 0.389 e. The van der Waals surface area contributed by atoms with Gasteiger partial charge in [0.15, 0.2) is 0 Å². The summed E-state index contributed by atoms with van der Waals surface area (Å²) in [7, 11) is 0. The van der Waals surface area contributed by atoms with Gasteiger partial charge >= 0.3 is 47.9 Å². The van der Waals surface area contributed by atoms with E-state index in [1.165, 1.54) is 0 Å². The Hall–Kier alpha value is -2.36. The molecule has 2 amide bonds. The summed E-state index contributed by atoms with van der Waals surface area (Å²) in [5.41, 5.74) is 0. The van der Waals surface area contributed by atoms with Crippen molar-refractivity contribution in [1.82, 2.24) is 10.6 Å². The van der Waals surface area contributed by atoms with Gasteiger partial charge in [-0.15, -0.1) is 0 Å². The molecule has 0 aliphatic rings. The summed E-state index contributed by atoms with van der Waals surface area (Å²) < 4.78 is 227. The van der Waals surface area contributed by atoms with E-state index in [4.69, 9.17) is 5.11 Å². The minimum absolute atomic E-state index is 0.414. The van der Waals surface area contributed by atoms with E-state index in [2.05, 4.69) is 0 Å². The molecule has 36 heavy (non-hydrogen) atoms. The van der Waals surface area contributed by atoms with Gasteiger partial charge in [0, 0.05) is 13.1 Å². The first-order valence-corrected chi connectivity index (χ1v) is 8.09. The van der Waals surface area contributed by atoms with Crippen molar-refractivity contribution in [3.63, 3.8) is 0 Å². The van der Waals surface area contributed by atoms with Crippen LogP contribution in [-0.2, 0) is 9.59 Å². The zero-order valence-electron chi connectivity index (χ0n) is 16.1. The van der Waals surface area contributed by atoms with Crippen molar-refractivity contribution in [2.45, 2.75) is 54.0 Å². The van der Waals surface area contributed by atoms with E-state index in [9.17, 15) is 88.6 Å². The predicted molar refractivity (Wildman–Crippen MR) is 73.8 cm³/mol. The SMILES string of the molecule is O=C(NCC(O)CNC(=O)C(F)(F)C(F)(F)C(F)(F)C(F)(F)F)C(F)(F)C(F)(F)C(F)(F)C(F)(F)F. The van der Waals surface area contributed by atoms with E-state index in [0.29, 0.717) is 10.6 Å². The van der Waals surface area contributed by atoms with Crippen LogP contribution in [-0.4, -0.2) is 84.0 Å². The van der Waals surface area contributed by atoms with Crippen LogP contribution in [0.3, 0.4) is 0 Å². The van der Waals surface area contributed by atoms with E-state index < -0.39 is 78.9 Å². The molecule has 0 atom stereocenters. The van der Waals surface area contributed by atoms with Gasteiger partial charge in [-0.2, -0.15) is 79.0 Å². The highest BCUT2D eigenvalue weighted by atomic mass is 19.4. The van der Waals surface area contributed by atoms with Crippen LogP contribution in [0.15, 0.2) is 0 Å². The molecular formula is C13H8F18N2O3. The summed E-state index contributed by atoms with van der Waals surface area (Å²) in [6, 6.07) is 0. The molecule has 0 bridgehead atoms. The van der Waals surface area contributed by atoms with E-state index in [1.54, 1.807) is 0 Å². The van der Waals surface area contributed by atoms with E-state index in [-0.39, 0.29) is 0 Å². The fourth-order valence-electron chi connectivity index (χ4n) is 1.75. The molecule has 0 aromatic carbocycles. The second-order valence-corrected chi connectivity index (χ2v) is 6.52. The quantitative estimate of drug-likeness (QED) is 0.346. The van der Waals surface area contributed by atoms with Crippen LogP contribution in [0.1, 0.15) is 0 Å². The Bertz CT molecular complexity index is 752. The maximum atomic E-state index is 13.2. The first-order valence-electron chi connectivity index (χ1n) is 8.09. The van der Waals surface area contributed by atoms with Crippen molar-refractivity contribution in [3.05, 3.63) is 0 Å². The number of amides is 2. The highest BCUT2D eigenvalue weighted by molar-refractivity contribution is 5.85. The molecule has 0 aromatic rings. The number of aliphatic hydroxyl groups excluding tert-OH is 1. The number of carbonyl (C=O) groups is 2. The Morgan fingerprint density at radius 3 is 0.917 bits per heavy atom. The standard InChI is InChI=1S/C13H8F18N2O3/c14-6(15,8(18,19)10(22,23)12(26,27)28)4(35)32-1-3(34)2-33-5(36)7(16,17)9(20,21)11(24,25)13(29,30)31/h3,34H,1-2H2,(H,32,35)(H,33,36). The van der Waals surface area contributed by atoms with Gasteiger partial charge in [0.2, 0.25) is 0 Å². The Morgan fingerprint density at radius 1 is 0.500 bits per heavy atom. The van der Waals surface area contributed by atoms with Crippen molar-refractivity contribution in [1.29, 1.82) is 0 Å². The molecule has 0 fully saturated rings. The van der Waals surface area contributed by atoms with Gasteiger partial charge in [0.1, 0.15) is 0 Å². The minimum Gasteiger partial charge on any atom is -0.389 e. The molecule has 0 aliphatic carbocycles. The normalized spacial score (nSPS) is 15.2. The van der Waals surface area contributed by atoms with Crippen LogP contribution in [0.4, 0.5) is 79.0 Å². The Labute approximate surface area is 184 Å². The Kier molecular flexibility index (Phi) is 8.88.